The van der Waals surface area contributed by atoms with Crippen LogP contribution in [0.4, 0.5) is 18.0 Å². The van der Waals surface area contributed by atoms with Crippen LogP contribution in [0.1, 0.15) is 36.8 Å². The number of hydrogen-bond donors (Lipinski definition) is 2. The van der Waals surface area contributed by atoms with E-state index in [1.165, 1.54) is 11.6 Å². The Morgan fingerprint density at radius 1 is 1.07 bits per heavy atom. The predicted octanol–water partition coefficient (Wildman–Crippen LogP) is 4.33. The van der Waals surface area contributed by atoms with Gasteiger partial charge in [0.15, 0.2) is 0 Å². The van der Waals surface area contributed by atoms with Crippen LogP contribution >= 0.6 is 0 Å². The van der Waals surface area contributed by atoms with Crippen LogP contribution in [0, 0.1) is 0 Å². The van der Waals surface area contributed by atoms with Crippen LogP contribution < -0.4 is 15.4 Å². The number of nitrogens with one attached hydrogen (secondary N) is 2. The molecular formula is C21H24F3N3O2. The Kier molecular flexibility index (Phi) is 6.95. The average Bonchev–Trinajstić information content (AvgIpc) is 2.70. The Bertz CT molecular complexity index is 774. The number of pyridine rings is 1. The van der Waals surface area contributed by atoms with E-state index in [9.17, 15) is 18.0 Å². The van der Waals surface area contributed by atoms with E-state index in [1.54, 1.807) is 0 Å². The number of rotatable bonds is 6. The van der Waals surface area contributed by atoms with Crippen molar-refractivity contribution in [3.8, 4) is 5.88 Å². The van der Waals surface area contributed by atoms with Gasteiger partial charge in [-0.25, -0.2) is 9.78 Å². The average molecular weight is 407 g/mol. The molecule has 2 amide bonds. The molecule has 1 heterocycles. The van der Waals surface area contributed by atoms with Gasteiger partial charge in [0.25, 0.3) is 0 Å². The van der Waals surface area contributed by atoms with E-state index < -0.39 is 11.7 Å². The molecule has 1 aliphatic rings. The summed E-state index contributed by atoms with van der Waals surface area (Å²) in [5.74, 6) is 0.188. The van der Waals surface area contributed by atoms with Gasteiger partial charge in [-0.2, -0.15) is 13.2 Å². The molecule has 8 heteroatoms. The molecule has 5 nitrogen and oxygen atoms in total. The monoisotopic (exact) mass is 407 g/mol. The number of nitrogens with zero attached hydrogens (tertiary/aromatic N) is 1. The van der Waals surface area contributed by atoms with E-state index in [-0.39, 0.29) is 24.1 Å². The van der Waals surface area contributed by atoms with Gasteiger partial charge in [0.1, 0.15) is 6.10 Å². The fourth-order valence-corrected chi connectivity index (χ4v) is 3.31. The lowest BCUT2D eigenvalue weighted by molar-refractivity contribution is -0.137. The van der Waals surface area contributed by atoms with Crippen LogP contribution in [0.2, 0.25) is 0 Å². The molecule has 0 radical (unpaired) electrons. The van der Waals surface area contributed by atoms with Gasteiger partial charge < -0.3 is 15.4 Å². The predicted molar refractivity (Wildman–Crippen MR) is 103 cm³/mol. The summed E-state index contributed by atoms with van der Waals surface area (Å²) in [4.78, 5) is 15.8. The molecule has 1 fully saturated rings. The Morgan fingerprint density at radius 2 is 1.79 bits per heavy atom. The van der Waals surface area contributed by atoms with Crippen molar-refractivity contribution in [1.82, 2.24) is 15.6 Å². The molecule has 0 bridgehead atoms. The van der Waals surface area contributed by atoms with Crippen LogP contribution in [0.5, 0.6) is 5.88 Å². The van der Waals surface area contributed by atoms with Gasteiger partial charge in [-0.3, -0.25) is 0 Å². The number of ether oxygens (including phenoxy) is 1. The van der Waals surface area contributed by atoms with Gasteiger partial charge in [0.05, 0.1) is 5.56 Å². The summed E-state index contributed by atoms with van der Waals surface area (Å²) in [5, 5.41) is 5.83. The molecule has 0 saturated heterocycles. The molecule has 29 heavy (non-hydrogen) atoms. The zero-order chi connectivity index (χ0) is 20.7. The molecule has 2 N–H and O–H groups in total. The Labute approximate surface area is 167 Å². The fourth-order valence-electron chi connectivity index (χ4n) is 3.31. The molecule has 1 aliphatic carbocycles. The number of carbonyl (C=O) groups is 1. The van der Waals surface area contributed by atoms with Crippen LogP contribution in [-0.2, 0) is 12.6 Å². The number of carbonyl (C=O) groups excluding carboxylic acids is 1. The molecule has 0 spiro atoms. The molecule has 1 saturated carbocycles. The molecule has 0 aliphatic heterocycles. The van der Waals surface area contributed by atoms with Gasteiger partial charge in [-0.05, 0) is 43.7 Å². The number of aromatic nitrogens is 1. The molecule has 1 aromatic heterocycles. The normalized spacial score (nSPS) is 19.4. The number of hydrogen-bond acceptors (Lipinski definition) is 3. The molecule has 1 aromatic carbocycles. The molecule has 156 valence electrons. The first-order valence-corrected chi connectivity index (χ1v) is 9.68. The minimum absolute atomic E-state index is 0.0622. The SMILES string of the molecule is O=C(NCCc1ccccc1)NC1CCC(Oc2ccc(C(F)(F)F)cn2)CC1. The van der Waals surface area contributed by atoms with Crippen molar-refractivity contribution in [2.24, 2.45) is 0 Å². The van der Waals surface area contributed by atoms with Gasteiger partial charge in [0, 0.05) is 24.8 Å². The van der Waals surface area contributed by atoms with Gasteiger partial charge >= 0.3 is 12.2 Å². The van der Waals surface area contributed by atoms with E-state index in [2.05, 4.69) is 15.6 Å². The van der Waals surface area contributed by atoms with Crippen molar-refractivity contribution < 1.29 is 22.7 Å². The van der Waals surface area contributed by atoms with E-state index >= 15 is 0 Å². The van der Waals surface area contributed by atoms with Gasteiger partial charge in [-0.15, -0.1) is 0 Å². The van der Waals surface area contributed by atoms with Crippen molar-refractivity contribution in [3.63, 3.8) is 0 Å². The van der Waals surface area contributed by atoms with Gasteiger partial charge in [0.2, 0.25) is 5.88 Å². The number of alkyl halides is 3. The minimum atomic E-state index is -4.41. The van der Waals surface area contributed by atoms with Crippen LogP contribution in [0.3, 0.4) is 0 Å². The lowest BCUT2D eigenvalue weighted by Crippen LogP contribution is -2.45. The summed E-state index contributed by atoms with van der Waals surface area (Å²) >= 11 is 0. The molecule has 2 aromatic rings. The van der Waals surface area contributed by atoms with E-state index in [1.807, 2.05) is 30.3 Å². The Balaban J connectivity index is 1.35. The summed E-state index contributed by atoms with van der Waals surface area (Å²) in [6, 6.07) is 12.0. The molecule has 3 rings (SSSR count). The Hall–Kier alpha value is -2.77. The highest BCUT2D eigenvalue weighted by atomic mass is 19.4. The summed E-state index contributed by atoms with van der Waals surface area (Å²) < 4.78 is 43.4. The standard InChI is InChI=1S/C21H24F3N3O2/c22-21(23,24)16-6-11-19(26-14-16)29-18-9-7-17(8-10-18)27-20(28)25-13-12-15-4-2-1-3-5-15/h1-6,11,14,17-18H,7-10,12-13H2,(H2,25,27,28). The smallest absolute Gasteiger partial charge is 0.417 e. The van der Waals surface area contributed by atoms with Crippen molar-refractivity contribution in [2.45, 2.75) is 50.4 Å². The first-order chi connectivity index (χ1) is 13.9. The lowest BCUT2D eigenvalue weighted by Gasteiger charge is -2.29. The quantitative estimate of drug-likeness (QED) is 0.749. The first-order valence-electron chi connectivity index (χ1n) is 9.68. The van der Waals surface area contributed by atoms with E-state index in [0.29, 0.717) is 19.4 Å². The van der Waals surface area contributed by atoms with Crippen LogP contribution in [0.25, 0.3) is 0 Å². The highest BCUT2D eigenvalue weighted by Crippen LogP contribution is 2.30. The van der Waals surface area contributed by atoms with E-state index in [0.717, 1.165) is 31.5 Å². The highest BCUT2D eigenvalue weighted by Gasteiger charge is 2.31. The van der Waals surface area contributed by atoms with Crippen molar-refractivity contribution in [1.29, 1.82) is 0 Å². The second-order valence-electron chi connectivity index (χ2n) is 7.11. The fraction of sp³-hybridized carbons (Fsp3) is 0.429. The third-order valence-corrected chi connectivity index (χ3v) is 4.90. The molecule has 0 unspecified atom stereocenters. The Morgan fingerprint density at radius 3 is 2.41 bits per heavy atom. The maximum Gasteiger partial charge on any atom is 0.417 e. The maximum atomic E-state index is 12.6. The second kappa shape index (κ2) is 9.62. The zero-order valence-electron chi connectivity index (χ0n) is 15.9. The lowest BCUT2D eigenvalue weighted by atomic mass is 9.93. The van der Waals surface area contributed by atoms with E-state index in [4.69, 9.17) is 4.74 Å². The second-order valence-corrected chi connectivity index (χ2v) is 7.11. The maximum absolute atomic E-state index is 12.6. The first kappa shape index (κ1) is 21.0. The third kappa shape index (κ3) is 6.66. The number of amides is 2. The summed E-state index contributed by atoms with van der Waals surface area (Å²) in [6.07, 6.45) is -0.0587. The summed E-state index contributed by atoms with van der Waals surface area (Å²) in [5.41, 5.74) is 0.373. The highest BCUT2D eigenvalue weighted by molar-refractivity contribution is 5.74. The molecule has 0 atom stereocenters. The van der Waals surface area contributed by atoms with Crippen molar-refractivity contribution in [3.05, 3.63) is 59.8 Å². The number of urea groups is 1. The van der Waals surface area contributed by atoms with Gasteiger partial charge in [-0.1, -0.05) is 30.3 Å². The zero-order valence-corrected chi connectivity index (χ0v) is 15.9. The van der Waals surface area contributed by atoms with Crippen LogP contribution in [0.15, 0.2) is 48.7 Å². The molecular weight excluding hydrogens is 383 g/mol. The minimum Gasteiger partial charge on any atom is -0.474 e. The number of halogens is 3. The topological polar surface area (TPSA) is 63.2 Å². The van der Waals surface area contributed by atoms with Crippen molar-refractivity contribution in [2.75, 3.05) is 6.54 Å². The largest absolute Gasteiger partial charge is 0.474 e. The summed E-state index contributed by atoms with van der Waals surface area (Å²) in [7, 11) is 0. The third-order valence-electron chi connectivity index (χ3n) is 4.90. The number of benzene rings is 1. The van der Waals surface area contributed by atoms with Crippen molar-refractivity contribution >= 4 is 6.03 Å². The summed E-state index contributed by atoms with van der Waals surface area (Å²) in [6.45, 7) is 0.563. The van der Waals surface area contributed by atoms with Crippen LogP contribution in [-0.4, -0.2) is 29.7 Å².